The lowest BCUT2D eigenvalue weighted by atomic mass is 9.97. The highest BCUT2D eigenvalue weighted by molar-refractivity contribution is 7.91. The molecule has 0 fully saturated rings. The summed E-state index contributed by atoms with van der Waals surface area (Å²) in [4.78, 5) is -0.302. The molecule has 0 saturated carbocycles. The number of nitrogen functional groups attached to an aromatic ring is 1. The average Bonchev–Trinajstić information content (AvgIpc) is 2.82. The van der Waals surface area contributed by atoms with Gasteiger partial charge in [0, 0.05) is 23.6 Å². The minimum atomic E-state index is -3.87. The molecule has 0 bridgehead atoms. The van der Waals surface area contributed by atoms with Crippen molar-refractivity contribution in [3.8, 4) is 5.75 Å². The number of nitrogens with zero attached hydrogens (tertiary/aromatic N) is 2. The standard InChI is InChI=1S/C26H25N3O5S2/c1-35(31,32)21-15-18-16-22(36(2,33)34)25(29-28-19-11-7-4-8-12-19)26(30)23(18)24(27)20(21)14-13-17-9-5-3-6-10-17/h3-12,15-16,30H,13-14,27H2,1-2H3. The number of hydrogen-bond acceptors (Lipinski definition) is 8. The summed E-state index contributed by atoms with van der Waals surface area (Å²) >= 11 is 0. The number of hydrogen-bond donors (Lipinski definition) is 2. The molecule has 4 aromatic rings. The second kappa shape index (κ2) is 9.71. The average molecular weight is 524 g/mol. The van der Waals surface area contributed by atoms with Gasteiger partial charge in [-0.3, -0.25) is 0 Å². The molecular weight excluding hydrogens is 498 g/mol. The van der Waals surface area contributed by atoms with Crippen molar-refractivity contribution in [2.45, 2.75) is 22.6 Å². The Labute approximate surface area is 210 Å². The van der Waals surface area contributed by atoms with Crippen LogP contribution in [0.1, 0.15) is 11.1 Å². The van der Waals surface area contributed by atoms with Crippen LogP contribution in [0.2, 0.25) is 0 Å². The number of phenolic OH excluding ortho intramolecular Hbond substituents is 1. The Balaban J connectivity index is 1.98. The van der Waals surface area contributed by atoms with Gasteiger partial charge in [0.2, 0.25) is 0 Å². The molecule has 10 heteroatoms. The van der Waals surface area contributed by atoms with Gasteiger partial charge in [-0.2, -0.15) is 5.11 Å². The quantitative estimate of drug-likeness (QED) is 0.254. The molecular formula is C26H25N3O5S2. The van der Waals surface area contributed by atoms with Crippen LogP contribution in [0.25, 0.3) is 10.8 Å². The number of aryl methyl sites for hydroxylation is 1. The van der Waals surface area contributed by atoms with Crippen LogP contribution in [0.5, 0.6) is 5.75 Å². The van der Waals surface area contributed by atoms with Crippen LogP contribution in [0.3, 0.4) is 0 Å². The fourth-order valence-electron chi connectivity index (χ4n) is 4.05. The van der Waals surface area contributed by atoms with E-state index in [1.807, 2.05) is 30.3 Å². The summed E-state index contributed by atoms with van der Waals surface area (Å²) < 4.78 is 50.6. The molecule has 0 aliphatic rings. The zero-order valence-electron chi connectivity index (χ0n) is 19.7. The summed E-state index contributed by atoms with van der Waals surface area (Å²) in [7, 11) is -7.60. The number of rotatable bonds is 7. The molecule has 4 rings (SSSR count). The third kappa shape index (κ3) is 5.24. The zero-order valence-corrected chi connectivity index (χ0v) is 21.3. The first-order valence-electron chi connectivity index (χ1n) is 11.0. The Morgan fingerprint density at radius 3 is 1.92 bits per heavy atom. The minimum absolute atomic E-state index is 0.0130. The van der Waals surface area contributed by atoms with Gasteiger partial charge in [-0.15, -0.1) is 5.11 Å². The fourth-order valence-corrected chi connectivity index (χ4v) is 5.88. The van der Waals surface area contributed by atoms with Crippen LogP contribution in [-0.2, 0) is 32.5 Å². The van der Waals surface area contributed by atoms with Gasteiger partial charge in [-0.05, 0) is 53.6 Å². The van der Waals surface area contributed by atoms with Crippen molar-refractivity contribution in [1.82, 2.24) is 0 Å². The van der Waals surface area contributed by atoms with Crippen molar-refractivity contribution < 1.29 is 21.9 Å². The molecule has 3 N–H and O–H groups in total. The van der Waals surface area contributed by atoms with Gasteiger partial charge >= 0.3 is 0 Å². The molecule has 36 heavy (non-hydrogen) atoms. The third-order valence-corrected chi connectivity index (χ3v) is 8.05. The monoisotopic (exact) mass is 523 g/mol. The van der Waals surface area contributed by atoms with E-state index in [0.717, 1.165) is 18.1 Å². The minimum Gasteiger partial charge on any atom is -0.505 e. The van der Waals surface area contributed by atoms with E-state index in [0.29, 0.717) is 24.1 Å². The van der Waals surface area contributed by atoms with Crippen LogP contribution < -0.4 is 5.73 Å². The molecule has 0 aromatic heterocycles. The molecule has 0 spiro atoms. The number of nitrogens with two attached hydrogens (primary N) is 1. The molecule has 0 amide bonds. The molecule has 0 atom stereocenters. The van der Waals surface area contributed by atoms with Gasteiger partial charge in [-0.1, -0.05) is 48.5 Å². The molecule has 0 radical (unpaired) electrons. The van der Waals surface area contributed by atoms with Gasteiger partial charge < -0.3 is 10.8 Å². The van der Waals surface area contributed by atoms with E-state index in [4.69, 9.17) is 5.73 Å². The molecule has 8 nitrogen and oxygen atoms in total. The van der Waals surface area contributed by atoms with E-state index in [2.05, 4.69) is 10.2 Å². The highest BCUT2D eigenvalue weighted by atomic mass is 32.2. The second-order valence-electron chi connectivity index (χ2n) is 8.50. The number of azo groups is 1. The Kier molecular flexibility index (Phi) is 6.83. The summed E-state index contributed by atoms with van der Waals surface area (Å²) in [6, 6.07) is 20.8. The van der Waals surface area contributed by atoms with Crippen molar-refractivity contribution in [1.29, 1.82) is 0 Å². The fraction of sp³-hybridized carbons (Fsp3) is 0.154. The van der Waals surface area contributed by atoms with Gasteiger partial charge in [-0.25, -0.2) is 16.8 Å². The second-order valence-corrected chi connectivity index (χ2v) is 12.5. The molecule has 0 saturated heterocycles. The third-order valence-electron chi connectivity index (χ3n) is 5.78. The summed E-state index contributed by atoms with van der Waals surface area (Å²) in [5.74, 6) is -0.480. The predicted molar refractivity (Wildman–Crippen MR) is 141 cm³/mol. The predicted octanol–water partition coefficient (Wildman–Crippen LogP) is 5.14. The Hall–Kier alpha value is -3.76. The summed E-state index contributed by atoms with van der Waals surface area (Å²) in [5, 5.41) is 19.6. The highest BCUT2D eigenvalue weighted by Crippen LogP contribution is 2.46. The first-order chi connectivity index (χ1) is 17.0. The van der Waals surface area contributed by atoms with E-state index in [1.54, 1.807) is 30.3 Å². The summed E-state index contributed by atoms with van der Waals surface area (Å²) in [6.45, 7) is 0. The lowest BCUT2D eigenvalue weighted by Crippen LogP contribution is -2.09. The number of fused-ring (bicyclic) bond motifs is 1. The van der Waals surface area contributed by atoms with E-state index >= 15 is 0 Å². The van der Waals surface area contributed by atoms with E-state index in [1.165, 1.54) is 12.1 Å². The smallest absolute Gasteiger partial charge is 0.177 e. The summed E-state index contributed by atoms with van der Waals surface area (Å²) in [5.41, 5.74) is 8.06. The normalized spacial score (nSPS) is 12.4. The van der Waals surface area contributed by atoms with Gasteiger partial charge in [0.15, 0.2) is 25.4 Å². The van der Waals surface area contributed by atoms with Crippen molar-refractivity contribution in [2.24, 2.45) is 10.2 Å². The van der Waals surface area contributed by atoms with Crippen molar-refractivity contribution >= 4 is 47.5 Å². The topological polar surface area (TPSA) is 139 Å². The zero-order chi connectivity index (χ0) is 26.1. The molecule has 0 aliphatic carbocycles. The van der Waals surface area contributed by atoms with Crippen LogP contribution in [0.15, 0.2) is 92.8 Å². The lowest BCUT2D eigenvalue weighted by molar-refractivity contribution is 0.481. The Morgan fingerprint density at radius 1 is 0.778 bits per heavy atom. The lowest BCUT2D eigenvalue weighted by Gasteiger charge is -2.17. The van der Waals surface area contributed by atoms with Crippen LogP contribution in [0.4, 0.5) is 17.1 Å². The largest absolute Gasteiger partial charge is 0.505 e. The van der Waals surface area contributed by atoms with Gasteiger partial charge in [0.25, 0.3) is 0 Å². The van der Waals surface area contributed by atoms with Crippen molar-refractivity contribution in [3.05, 3.63) is 83.9 Å². The maximum Gasteiger partial charge on any atom is 0.177 e. The first-order valence-corrected chi connectivity index (χ1v) is 14.8. The first kappa shape index (κ1) is 25.3. The van der Waals surface area contributed by atoms with Gasteiger partial charge in [0.1, 0.15) is 5.69 Å². The number of anilines is 1. The van der Waals surface area contributed by atoms with E-state index in [-0.39, 0.29) is 31.9 Å². The number of sulfone groups is 2. The van der Waals surface area contributed by atoms with Crippen LogP contribution in [0, 0.1) is 0 Å². The number of phenols is 1. The van der Waals surface area contributed by atoms with E-state index < -0.39 is 25.4 Å². The number of benzene rings is 4. The molecule has 186 valence electrons. The van der Waals surface area contributed by atoms with E-state index in [9.17, 15) is 21.9 Å². The maximum absolute atomic E-state index is 12.7. The maximum atomic E-state index is 12.7. The van der Waals surface area contributed by atoms with Crippen LogP contribution in [-0.4, -0.2) is 34.5 Å². The molecule has 0 unspecified atom stereocenters. The number of aromatic hydroxyl groups is 1. The molecule has 4 aromatic carbocycles. The molecule has 0 aliphatic heterocycles. The highest BCUT2D eigenvalue weighted by Gasteiger charge is 2.26. The summed E-state index contributed by atoms with van der Waals surface area (Å²) in [6.07, 6.45) is 2.85. The van der Waals surface area contributed by atoms with Crippen molar-refractivity contribution in [3.63, 3.8) is 0 Å². The van der Waals surface area contributed by atoms with Gasteiger partial charge in [0.05, 0.1) is 15.5 Å². The Bertz CT molecular complexity index is 1680. The van der Waals surface area contributed by atoms with Crippen LogP contribution >= 0.6 is 0 Å². The van der Waals surface area contributed by atoms with Crippen molar-refractivity contribution in [2.75, 3.05) is 18.2 Å². The molecule has 0 heterocycles. The SMILES string of the molecule is CS(=O)(=O)c1cc2cc(S(C)(=O)=O)c(N=Nc3ccccc3)c(O)c2c(N)c1CCc1ccccc1. The Morgan fingerprint density at radius 2 is 1.33 bits per heavy atom.